The molecule has 0 bridgehead atoms. The van der Waals surface area contributed by atoms with E-state index in [4.69, 9.17) is 0 Å². The van der Waals surface area contributed by atoms with Crippen molar-refractivity contribution in [2.24, 2.45) is 15.0 Å². The summed E-state index contributed by atoms with van der Waals surface area (Å²) in [6.07, 6.45) is 12.9. The van der Waals surface area contributed by atoms with E-state index in [1.807, 2.05) is 73.2 Å². The van der Waals surface area contributed by atoms with Crippen LogP contribution in [0.1, 0.15) is 29.9 Å². The van der Waals surface area contributed by atoms with Crippen LogP contribution >= 0.6 is 0 Å². The van der Waals surface area contributed by atoms with Crippen molar-refractivity contribution in [2.75, 3.05) is 39.3 Å². The first-order chi connectivity index (χ1) is 16.4. The van der Waals surface area contributed by atoms with Gasteiger partial charge in [0.05, 0.1) is 23.6 Å². The van der Waals surface area contributed by atoms with Crippen LogP contribution in [0.15, 0.2) is 88.2 Å². The van der Waals surface area contributed by atoms with Crippen LogP contribution in [0.25, 0.3) is 0 Å². The predicted octanol–water partition coefficient (Wildman–Crippen LogP) is 3.61. The van der Waals surface area contributed by atoms with E-state index >= 15 is 0 Å². The highest BCUT2D eigenvalue weighted by Gasteiger charge is 2.04. The van der Waals surface area contributed by atoms with Gasteiger partial charge in [0.2, 0.25) is 0 Å². The van der Waals surface area contributed by atoms with Gasteiger partial charge < -0.3 is 4.90 Å². The Labute approximate surface area is 196 Å². The lowest BCUT2D eigenvalue weighted by Crippen LogP contribution is -2.29. The first-order valence-electron chi connectivity index (χ1n) is 11.3. The summed E-state index contributed by atoms with van der Waals surface area (Å²) in [7, 11) is 0. The SMILES string of the molecule is C(=NCCCN(CCCN=Cc1ccccn1)CCN=Cc1ccccn1)c1ccccn1. The fraction of sp³-hybridized carbons (Fsp3) is 0.308. The van der Waals surface area contributed by atoms with E-state index in [2.05, 4.69) is 34.8 Å². The summed E-state index contributed by atoms with van der Waals surface area (Å²) in [6.45, 7) is 5.15. The third kappa shape index (κ3) is 10.5. The molecule has 0 aliphatic carbocycles. The second-order valence-electron chi connectivity index (χ2n) is 7.42. The van der Waals surface area contributed by atoms with Crippen molar-refractivity contribution in [2.45, 2.75) is 12.8 Å². The maximum Gasteiger partial charge on any atom is 0.0807 e. The maximum atomic E-state index is 4.54. The van der Waals surface area contributed by atoms with E-state index in [1.165, 1.54) is 0 Å². The van der Waals surface area contributed by atoms with E-state index in [0.29, 0.717) is 0 Å². The molecule has 3 aromatic rings. The van der Waals surface area contributed by atoms with E-state index in [0.717, 1.165) is 69.2 Å². The molecule has 0 saturated carbocycles. The summed E-state index contributed by atoms with van der Waals surface area (Å²) in [4.78, 5) is 28.8. The van der Waals surface area contributed by atoms with Crippen molar-refractivity contribution in [3.63, 3.8) is 0 Å². The van der Waals surface area contributed by atoms with Crippen LogP contribution in [-0.2, 0) is 0 Å². The molecule has 0 atom stereocenters. The van der Waals surface area contributed by atoms with Gasteiger partial charge in [0, 0.05) is 56.9 Å². The Balaban J connectivity index is 1.41. The highest BCUT2D eigenvalue weighted by atomic mass is 15.1. The molecule has 0 amide bonds. The number of hydrogen-bond donors (Lipinski definition) is 0. The molecule has 0 aliphatic heterocycles. The van der Waals surface area contributed by atoms with Gasteiger partial charge in [-0.15, -0.1) is 0 Å². The third-order valence-corrected chi connectivity index (χ3v) is 4.80. The zero-order valence-corrected chi connectivity index (χ0v) is 18.9. The zero-order valence-electron chi connectivity index (χ0n) is 18.9. The molecule has 3 aromatic heterocycles. The molecule has 3 rings (SSSR count). The van der Waals surface area contributed by atoms with Gasteiger partial charge in [-0.3, -0.25) is 29.9 Å². The fourth-order valence-corrected chi connectivity index (χ4v) is 3.14. The van der Waals surface area contributed by atoms with Crippen molar-refractivity contribution in [3.8, 4) is 0 Å². The topological polar surface area (TPSA) is 79.0 Å². The number of pyridine rings is 3. The van der Waals surface area contributed by atoms with E-state index in [1.54, 1.807) is 18.6 Å². The third-order valence-electron chi connectivity index (χ3n) is 4.80. The molecule has 0 fully saturated rings. The summed E-state index contributed by atoms with van der Waals surface area (Å²) in [5.74, 6) is 0. The van der Waals surface area contributed by atoms with Gasteiger partial charge in [0.25, 0.3) is 0 Å². The normalized spacial score (nSPS) is 11.9. The van der Waals surface area contributed by atoms with Crippen LogP contribution in [-0.4, -0.2) is 77.8 Å². The number of aliphatic imine (C=N–C) groups is 3. The first kappa shape index (κ1) is 24.1. The van der Waals surface area contributed by atoms with Crippen LogP contribution in [0.4, 0.5) is 0 Å². The lowest BCUT2D eigenvalue weighted by molar-refractivity contribution is 0.278. The minimum absolute atomic E-state index is 0.741. The maximum absolute atomic E-state index is 4.54. The Bertz CT molecular complexity index is 918. The molecule has 7 nitrogen and oxygen atoms in total. The average Bonchev–Trinajstić information content (AvgIpc) is 2.87. The first-order valence-corrected chi connectivity index (χ1v) is 11.3. The molecule has 7 heteroatoms. The Kier molecular flexibility index (Phi) is 11.1. The van der Waals surface area contributed by atoms with Crippen LogP contribution < -0.4 is 0 Å². The predicted molar refractivity (Wildman–Crippen MR) is 136 cm³/mol. The zero-order chi connectivity index (χ0) is 22.8. The second-order valence-corrected chi connectivity index (χ2v) is 7.42. The molecular weight excluding hydrogens is 410 g/mol. The van der Waals surface area contributed by atoms with Gasteiger partial charge in [-0.05, 0) is 62.3 Å². The minimum Gasteiger partial charge on any atom is -0.301 e. The molecule has 170 valence electrons. The largest absolute Gasteiger partial charge is 0.301 e. The van der Waals surface area contributed by atoms with Gasteiger partial charge in [0.15, 0.2) is 0 Å². The molecule has 0 saturated heterocycles. The summed E-state index contributed by atoms with van der Waals surface area (Å²) in [6, 6.07) is 17.5. The lowest BCUT2D eigenvalue weighted by atomic mass is 10.3. The van der Waals surface area contributed by atoms with Crippen LogP contribution in [0.5, 0.6) is 0 Å². The smallest absolute Gasteiger partial charge is 0.0807 e. The van der Waals surface area contributed by atoms with Gasteiger partial charge in [-0.1, -0.05) is 18.2 Å². The van der Waals surface area contributed by atoms with Crippen LogP contribution in [0.2, 0.25) is 0 Å². The molecular formula is C26H31N7. The van der Waals surface area contributed by atoms with Gasteiger partial charge >= 0.3 is 0 Å². The summed E-state index contributed by atoms with van der Waals surface area (Å²) >= 11 is 0. The van der Waals surface area contributed by atoms with E-state index in [-0.39, 0.29) is 0 Å². The molecule has 0 unspecified atom stereocenters. The van der Waals surface area contributed by atoms with Gasteiger partial charge in [0.1, 0.15) is 0 Å². The molecule has 0 aromatic carbocycles. The van der Waals surface area contributed by atoms with Gasteiger partial charge in [-0.25, -0.2) is 0 Å². The quantitative estimate of drug-likeness (QED) is 0.283. The summed E-state index contributed by atoms with van der Waals surface area (Å²) in [5.41, 5.74) is 2.67. The summed E-state index contributed by atoms with van der Waals surface area (Å²) in [5, 5.41) is 0. The number of hydrogen-bond acceptors (Lipinski definition) is 7. The van der Waals surface area contributed by atoms with Crippen LogP contribution in [0.3, 0.4) is 0 Å². The second kappa shape index (κ2) is 15.3. The Morgan fingerprint density at radius 1 is 0.545 bits per heavy atom. The molecule has 0 spiro atoms. The van der Waals surface area contributed by atoms with Crippen molar-refractivity contribution >= 4 is 18.6 Å². The number of aromatic nitrogens is 3. The van der Waals surface area contributed by atoms with Crippen molar-refractivity contribution in [1.82, 2.24) is 19.9 Å². The van der Waals surface area contributed by atoms with E-state index < -0.39 is 0 Å². The van der Waals surface area contributed by atoms with Crippen LogP contribution in [0, 0.1) is 0 Å². The standard InChI is InChI=1S/C26H31N7/c1-4-14-30-24(9-1)21-27-12-7-18-33(20-17-29-23-26-11-3-6-16-32-26)19-8-13-28-22-25-10-2-5-15-31-25/h1-6,9-11,14-16,21-23H,7-8,12-13,17-20H2. The molecule has 3 heterocycles. The molecule has 0 N–H and O–H groups in total. The average molecular weight is 442 g/mol. The molecule has 0 aliphatic rings. The Hall–Kier alpha value is -3.58. The van der Waals surface area contributed by atoms with Gasteiger partial charge in [-0.2, -0.15) is 0 Å². The summed E-state index contributed by atoms with van der Waals surface area (Å²) < 4.78 is 0. The molecule has 0 radical (unpaired) electrons. The monoisotopic (exact) mass is 441 g/mol. The molecule has 33 heavy (non-hydrogen) atoms. The number of rotatable bonds is 14. The van der Waals surface area contributed by atoms with E-state index in [9.17, 15) is 0 Å². The Morgan fingerprint density at radius 3 is 1.36 bits per heavy atom. The lowest BCUT2D eigenvalue weighted by Gasteiger charge is -2.20. The van der Waals surface area contributed by atoms with Crippen molar-refractivity contribution in [1.29, 1.82) is 0 Å². The highest BCUT2D eigenvalue weighted by molar-refractivity contribution is 5.77. The number of nitrogens with zero attached hydrogens (tertiary/aromatic N) is 7. The van der Waals surface area contributed by atoms with Crippen molar-refractivity contribution in [3.05, 3.63) is 90.3 Å². The fourth-order valence-electron chi connectivity index (χ4n) is 3.14. The minimum atomic E-state index is 0.741. The van der Waals surface area contributed by atoms with Crippen molar-refractivity contribution < 1.29 is 0 Å². The highest BCUT2D eigenvalue weighted by Crippen LogP contribution is 1.98. The Morgan fingerprint density at radius 2 is 0.970 bits per heavy atom.